The average Bonchev–Trinajstić information content (AvgIpc) is 3.42. The molecule has 0 aliphatic rings. The minimum atomic E-state index is 0.676. The zero-order valence-corrected chi connectivity index (χ0v) is 16.4. The van der Waals surface area contributed by atoms with Gasteiger partial charge >= 0.3 is 0 Å². The number of nitrogens with one attached hydrogen (secondary N) is 2. The highest BCUT2D eigenvalue weighted by Crippen LogP contribution is 2.33. The zero-order valence-electron chi connectivity index (χ0n) is 13.9. The summed E-state index contributed by atoms with van der Waals surface area (Å²) in [5, 5.41) is 13.9. The van der Waals surface area contributed by atoms with Gasteiger partial charge in [-0.1, -0.05) is 0 Å². The van der Waals surface area contributed by atoms with Gasteiger partial charge in [-0.05, 0) is 36.3 Å². The van der Waals surface area contributed by atoms with E-state index >= 15 is 0 Å². The molecule has 0 radical (unpaired) electrons. The van der Waals surface area contributed by atoms with Gasteiger partial charge in [0.1, 0.15) is 10.0 Å². The SMILES string of the molecule is Cc1cc(Nc2nc(Sc3nccs3)cn3c(-c4cn[nH]c4)cnc23)sn1. The predicted molar refractivity (Wildman–Crippen MR) is 107 cm³/mol. The number of aromatic amines is 1. The fourth-order valence-corrected chi connectivity index (χ4v) is 4.82. The molecule has 5 aromatic rings. The molecule has 5 rings (SSSR count). The van der Waals surface area contributed by atoms with Crippen LogP contribution in [0.2, 0.25) is 0 Å². The monoisotopic (exact) mass is 412 g/mol. The van der Waals surface area contributed by atoms with Crippen LogP contribution in [0.4, 0.5) is 10.8 Å². The van der Waals surface area contributed by atoms with Crippen molar-refractivity contribution in [1.29, 1.82) is 0 Å². The molecule has 134 valence electrons. The molecule has 0 spiro atoms. The van der Waals surface area contributed by atoms with Crippen LogP contribution in [0, 0.1) is 6.92 Å². The summed E-state index contributed by atoms with van der Waals surface area (Å²) in [5.74, 6) is 0.676. The fraction of sp³-hybridized carbons (Fsp3) is 0.0625. The van der Waals surface area contributed by atoms with Gasteiger partial charge in [0.25, 0.3) is 0 Å². The minimum Gasteiger partial charge on any atom is -0.328 e. The molecule has 0 bridgehead atoms. The Labute approximate surface area is 165 Å². The number of rotatable bonds is 5. The summed E-state index contributed by atoms with van der Waals surface area (Å²) in [5.41, 5.74) is 3.60. The third-order valence-electron chi connectivity index (χ3n) is 3.74. The molecule has 5 heterocycles. The first-order valence-electron chi connectivity index (χ1n) is 7.91. The van der Waals surface area contributed by atoms with Gasteiger partial charge in [0.2, 0.25) is 0 Å². The van der Waals surface area contributed by atoms with Crippen LogP contribution in [0.5, 0.6) is 0 Å². The van der Waals surface area contributed by atoms with E-state index in [9.17, 15) is 0 Å². The lowest BCUT2D eigenvalue weighted by atomic mass is 10.3. The molecular formula is C16H12N8S3. The van der Waals surface area contributed by atoms with Crippen LogP contribution >= 0.6 is 34.6 Å². The number of H-pyrrole nitrogens is 1. The Bertz CT molecular complexity index is 1190. The van der Waals surface area contributed by atoms with Crippen LogP contribution < -0.4 is 5.32 Å². The summed E-state index contributed by atoms with van der Waals surface area (Å²) in [7, 11) is 0. The summed E-state index contributed by atoms with van der Waals surface area (Å²) >= 11 is 4.50. The molecule has 11 heteroatoms. The van der Waals surface area contributed by atoms with Crippen molar-refractivity contribution in [2.45, 2.75) is 16.3 Å². The van der Waals surface area contributed by atoms with Crippen molar-refractivity contribution < 1.29 is 0 Å². The summed E-state index contributed by atoms with van der Waals surface area (Å²) < 4.78 is 7.27. The quantitative estimate of drug-likeness (QED) is 0.446. The van der Waals surface area contributed by atoms with Gasteiger partial charge in [0.05, 0.1) is 23.8 Å². The standard InChI is InChI=1S/C16H12N8S3/c1-9-4-12(27-23-9)21-14-15-18-7-11(10-5-19-20-6-10)24(15)8-13(22-14)26-16-17-2-3-25-16/h2-8H,1H3,(H,19,20)(H,21,22). The lowest BCUT2D eigenvalue weighted by molar-refractivity contribution is 1.02. The van der Waals surface area contributed by atoms with E-state index in [2.05, 4.69) is 29.9 Å². The topological polar surface area (TPSA) is 96.7 Å². The van der Waals surface area contributed by atoms with E-state index in [0.717, 1.165) is 37.0 Å². The highest BCUT2D eigenvalue weighted by molar-refractivity contribution is 8.00. The van der Waals surface area contributed by atoms with Crippen molar-refractivity contribution in [2.24, 2.45) is 0 Å². The highest BCUT2D eigenvalue weighted by Gasteiger charge is 2.15. The second-order valence-corrected chi connectivity index (χ2v) is 8.58. The van der Waals surface area contributed by atoms with Gasteiger partial charge in [-0.25, -0.2) is 15.0 Å². The zero-order chi connectivity index (χ0) is 18.2. The number of anilines is 2. The summed E-state index contributed by atoms with van der Waals surface area (Å²) in [6.45, 7) is 1.96. The van der Waals surface area contributed by atoms with E-state index in [0.29, 0.717) is 5.82 Å². The maximum Gasteiger partial charge on any atom is 0.181 e. The molecule has 0 unspecified atom stereocenters. The summed E-state index contributed by atoms with van der Waals surface area (Å²) in [6, 6.07) is 1.99. The van der Waals surface area contributed by atoms with Crippen molar-refractivity contribution >= 4 is 51.1 Å². The average molecular weight is 413 g/mol. The van der Waals surface area contributed by atoms with Crippen molar-refractivity contribution in [3.05, 3.63) is 48.1 Å². The van der Waals surface area contributed by atoms with Crippen LogP contribution in [0.15, 0.2) is 51.8 Å². The maximum atomic E-state index is 4.77. The third-order valence-corrected chi connectivity index (χ3v) is 6.32. The van der Waals surface area contributed by atoms with Crippen LogP contribution in [0.25, 0.3) is 16.9 Å². The normalized spacial score (nSPS) is 11.3. The van der Waals surface area contributed by atoms with Gasteiger partial charge in [-0.15, -0.1) is 11.3 Å². The van der Waals surface area contributed by atoms with E-state index in [1.54, 1.807) is 23.7 Å². The smallest absolute Gasteiger partial charge is 0.181 e. The Morgan fingerprint density at radius 2 is 2.22 bits per heavy atom. The molecule has 0 aliphatic heterocycles. The highest BCUT2D eigenvalue weighted by atomic mass is 32.2. The lowest BCUT2D eigenvalue weighted by Gasteiger charge is -2.08. The van der Waals surface area contributed by atoms with E-state index in [1.165, 1.54) is 23.3 Å². The van der Waals surface area contributed by atoms with Gasteiger partial charge < -0.3 is 5.32 Å². The Kier molecular flexibility index (Phi) is 4.11. The molecule has 2 N–H and O–H groups in total. The predicted octanol–water partition coefficient (Wildman–Crippen LogP) is 4.24. The number of nitrogens with zero attached hydrogens (tertiary/aromatic N) is 6. The number of aryl methyl sites for hydroxylation is 1. The Morgan fingerprint density at radius 1 is 1.26 bits per heavy atom. The van der Waals surface area contributed by atoms with Crippen LogP contribution in [0.1, 0.15) is 5.69 Å². The molecule has 0 saturated heterocycles. The van der Waals surface area contributed by atoms with Crippen LogP contribution in [-0.4, -0.2) is 33.9 Å². The molecule has 0 aromatic carbocycles. The maximum absolute atomic E-state index is 4.77. The van der Waals surface area contributed by atoms with Crippen molar-refractivity contribution in [2.75, 3.05) is 5.32 Å². The van der Waals surface area contributed by atoms with E-state index in [4.69, 9.17) is 4.98 Å². The van der Waals surface area contributed by atoms with Crippen molar-refractivity contribution in [1.82, 2.24) is 33.9 Å². The number of thiazole rings is 1. The number of hydrogen-bond donors (Lipinski definition) is 2. The first kappa shape index (κ1) is 16.4. The first-order valence-corrected chi connectivity index (χ1v) is 10.4. The van der Waals surface area contributed by atoms with Crippen molar-refractivity contribution in [3.8, 4) is 11.3 Å². The Morgan fingerprint density at radius 3 is 2.96 bits per heavy atom. The molecule has 0 atom stereocenters. The summed E-state index contributed by atoms with van der Waals surface area (Å²) in [6.07, 6.45) is 9.20. The van der Waals surface area contributed by atoms with Crippen molar-refractivity contribution in [3.63, 3.8) is 0 Å². The molecule has 8 nitrogen and oxygen atoms in total. The molecule has 27 heavy (non-hydrogen) atoms. The number of aromatic nitrogens is 7. The van der Waals surface area contributed by atoms with Crippen LogP contribution in [0.3, 0.4) is 0 Å². The van der Waals surface area contributed by atoms with Gasteiger partial charge in [-0.3, -0.25) is 9.50 Å². The molecular weight excluding hydrogens is 400 g/mol. The van der Waals surface area contributed by atoms with E-state index < -0.39 is 0 Å². The lowest BCUT2D eigenvalue weighted by Crippen LogP contribution is -1.99. The third kappa shape index (κ3) is 3.20. The van der Waals surface area contributed by atoms with Crippen LogP contribution in [-0.2, 0) is 0 Å². The fourth-order valence-electron chi connectivity index (χ4n) is 2.59. The Balaban J connectivity index is 1.64. The first-order chi connectivity index (χ1) is 13.3. The van der Waals surface area contributed by atoms with E-state index in [-0.39, 0.29) is 0 Å². The minimum absolute atomic E-state index is 0.676. The second kappa shape index (κ2) is 6.76. The van der Waals surface area contributed by atoms with Gasteiger partial charge in [0, 0.05) is 29.5 Å². The largest absolute Gasteiger partial charge is 0.328 e. The second-order valence-electron chi connectivity index (χ2n) is 5.61. The number of fused-ring (bicyclic) bond motifs is 1. The van der Waals surface area contributed by atoms with Gasteiger partial charge in [-0.2, -0.15) is 9.47 Å². The molecule has 0 fully saturated rings. The number of hydrogen-bond acceptors (Lipinski definition) is 9. The molecule has 0 saturated carbocycles. The molecule has 0 amide bonds. The number of imidazole rings is 1. The molecule has 5 aromatic heterocycles. The van der Waals surface area contributed by atoms with E-state index in [1.807, 2.05) is 41.4 Å². The molecule has 0 aliphatic carbocycles. The Hall–Kier alpha value is -2.76. The summed E-state index contributed by atoms with van der Waals surface area (Å²) in [4.78, 5) is 13.7. The van der Waals surface area contributed by atoms with Gasteiger partial charge in [0.15, 0.2) is 15.8 Å².